The van der Waals surface area contributed by atoms with E-state index in [4.69, 9.17) is 0 Å². The molecule has 4 rings (SSSR count). The van der Waals surface area contributed by atoms with Crippen LogP contribution in [0.3, 0.4) is 0 Å². The fourth-order valence-electron chi connectivity index (χ4n) is 3.13. The van der Waals surface area contributed by atoms with E-state index in [1.165, 1.54) is 12.1 Å². The van der Waals surface area contributed by atoms with Crippen molar-refractivity contribution < 1.29 is 22.0 Å². The second-order valence-electron chi connectivity index (χ2n) is 6.65. The molecule has 0 atom stereocenters. The highest BCUT2D eigenvalue weighted by Gasteiger charge is 2.27. The highest BCUT2D eigenvalue weighted by atomic mass is 32.2. The van der Waals surface area contributed by atoms with E-state index < -0.39 is 26.4 Å². The number of aliphatic imine (C=N–C) groups is 1. The normalized spacial score (nSPS) is 16.2. The molecule has 1 N–H and O–H groups in total. The quantitative estimate of drug-likeness (QED) is 0.745. The zero-order valence-corrected chi connectivity index (χ0v) is 17.2. The van der Waals surface area contributed by atoms with Crippen LogP contribution in [0.1, 0.15) is 22.3 Å². The van der Waals surface area contributed by atoms with Crippen molar-refractivity contribution in [2.45, 2.75) is 17.1 Å². The lowest BCUT2D eigenvalue weighted by atomic mass is 10.1. The van der Waals surface area contributed by atoms with Crippen LogP contribution in [-0.4, -0.2) is 43.2 Å². The second-order valence-corrected chi connectivity index (χ2v) is 9.41. The number of fused-ring (bicyclic) bond motifs is 1. The summed E-state index contributed by atoms with van der Waals surface area (Å²) in [5.41, 5.74) is 2.81. The van der Waals surface area contributed by atoms with Gasteiger partial charge in [-0.1, -0.05) is 23.9 Å². The first kappa shape index (κ1) is 20.5. The standard InChI is InChI=1S/C20H17F2N3O3S2/c21-19(22)30(27,28)16-8-4-14(5-9-16)18(26)24-15-6-2-13(3-7-15)17-12-29-20-23-10-1-11-25(17)20/h2-9,12,19H,1,10-11H2,(H,24,26). The van der Waals surface area contributed by atoms with Gasteiger partial charge in [-0.25, -0.2) is 8.42 Å². The van der Waals surface area contributed by atoms with Crippen molar-refractivity contribution in [1.82, 2.24) is 4.90 Å². The Morgan fingerprint density at radius 3 is 2.47 bits per heavy atom. The lowest BCUT2D eigenvalue weighted by Crippen LogP contribution is -2.28. The minimum absolute atomic E-state index is 0.163. The lowest BCUT2D eigenvalue weighted by Gasteiger charge is -2.25. The Morgan fingerprint density at radius 2 is 1.80 bits per heavy atom. The molecule has 0 radical (unpaired) electrons. The van der Waals surface area contributed by atoms with Crippen LogP contribution in [0.2, 0.25) is 0 Å². The number of halogens is 2. The summed E-state index contributed by atoms with van der Waals surface area (Å²) in [6.45, 7) is 1.77. The smallest absolute Gasteiger partial charge is 0.322 e. The maximum atomic E-state index is 12.6. The number of nitrogens with one attached hydrogen (secondary N) is 1. The Hall–Kier alpha value is -2.72. The molecule has 2 aromatic rings. The van der Waals surface area contributed by atoms with Gasteiger partial charge in [-0.05, 0) is 48.4 Å². The Morgan fingerprint density at radius 1 is 1.10 bits per heavy atom. The second kappa shape index (κ2) is 8.19. The zero-order chi connectivity index (χ0) is 21.3. The van der Waals surface area contributed by atoms with Crippen LogP contribution in [0.5, 0.6) is 0 Å². The van der Waals surface area contributed by atoms with E-state index in [1.807, 2.05) is 12.1 Å². The molecule has 6 nitrogen and oxygen atoms in total. The minimum atomic E-state index is -4.68. The number of anilines is 1. The van der Waals surface area contributed by atoms with Gasteiger partial charge in [0.2, 0.25) is 9.84 Å². The zero-order valence-electron chi connectivity index (χ0n) is 15.6. The van der Waals surface area contributed by atoms with E-state index in [2.05, 4.69) is 20.6 Å². The number of carbonyl (C=O) groups excluding carboxylic acids is 1. The number of benzene rings is 2. The molecule has 0 bridgehead atoms. The van der Waals surface area contributed by atoms with Crippen LogP contribution in [0.25, 0.3) is 5.70 Å². The number of carbonyl (C=O) groups is 1. The number of sulfone groups is 1. The Balaban J connectivity index is 1.44. The van der Waals surface area contributed by atoms with Gasteiger partial charge in [-0.3, -0.25) is 9.79 Å². The molecule has 0 aliphatic carbocycles. The molecule has 156 valence electrons. The fourth-order valence-corrected chi connectivity index (χ4v) is 4.82. The molecule has 0 saturated heterocycles. The van der Waals surface area contributed by atoms with Gasteiger partial charge in [0, 0.05) is 29.7 Å². The van der Waals surface area contributed by atoms with E-state index in [-0.39, 0.29) is 5.56 Å². The monoisotopic (exact) mass is 449 g/mol. The number of hydrogen-bond acceptors (Lipinski definition) is 6. The predicted octanol–water partition coefficient (Wildman–Crippen LogP) is 4.04. The number of hydrogen-bond donors (Lipinski definition) is 1. The highest BCUT2D eigenvalue weighted by Crippen LogP contribution is 2.35. The largest absolute Gasteiger partial charge is 0.341 e. The van der Waals surface area contributed by atoms with Crippen molar-refractivity contribution in [1.29, 1.82) is 0 Å². The summed E-state index contributed by atoms with van der Waals surface area (Å²) in [6, 6.07) is 11.8. The number of alkyl halides is 2. The van der Waals surface area contributed by atoms with Gasteiger partial charge in [0.15, 0.2) is 5.17 Å². The fraction of sp³-hybridized carbons (Fsp3) is 0.200. The van der Waals surface area contributed by atoms with E-state index in [9.17, 15) is 22.0 Å². The maximum absolute atomic E-state index is 12.6. The molecule has 2 aliphatic heterocycles. The Kier molecular flexibility index (Phi) is 5.61. The summed E-state index contributed by atoms with van der Waals surface area (Å²) in [6.07, 6.45) is 1.01. The van der Waals surface area contributed by atoms with Crippen LogP contribution in [0.4, 0.5) is 14.5 Å². The van der Waals surface area contributed by atoms with Crippen molar-refractivity contribution >= 4 is 44.1 Å². The Labute approximate surface area is 176 Å². The molecule has 30 heavy (non-hydrogen) atoms. The first-order valence-electron chi connectivity index (χ1n) is 9.09. The average Bonchev–Trinajstić information content (AvgIpc) is 3.18. The van der Waals surface area contributed by atoms with Crippen LogP contribution in [0, 0.1) is 0 Å². The van der Waals surface area contributed by atoms with Crippen LogP contribution in [-0.2, 0) is 9.84 Å². The third-order valence-corrected chi connectivity index (χ3v) is 7.00. The third kappa shape index (κ3) is 3.97. The number of rotatable bonds is 5. The van der Waals surface area contributed by atoms with Crippen molar-refractivity contribution in [2.75, 3.05) is 18.4 Å². The third-order valence-electron chi connectivity index (χ3n) is 4.70. The number of amides is 1. The molecule has 2 aliphatic rings. The van der Waals surface area contributed by atoms with E-state index in [0.29, 0.717) is 5.69 Å². The molecule has 0 spiro atoms. The van der Waals surface area contributed by atoms with Crippen molar-refractivity contribution in [3.05, 3.63) is 65.1 Å². The molecule has 0 unspecified atom stereocenters. The molecule has 2 aromatic carbocycles. The summed E-state index contributed by atoms with van der Waals surface area (Å²) in [4.78, 5) is 18.5. The molecule has 0 saturated carbocycles. The van der Waals surface area contributed by atoms with Gasteiger partial charge in [0.25, 0.3) is 5.91 Å². The summed E-state index contributed by atoms with van der Waals surface area (Å²) in [7, 11) is -4.68. The number of amidine groups is 1. The van der Waals surface area contributed by atoms with Gasteiger partial charge in [0.05, 0.1) is 10.6 Å². The van der Waals surface area contributed by atoms with Crippen LogP contribution >= 0.6 is 11.8 Å². The summed E-state index contributed by atoms with van der Waals surface area (Å²) < 4.78 is 48.1. The van der Waals surface area contributed by atoms with Gasteiger partial charge in [-0.2, -0.15) is 8.78 Å². The SMILES string of the molecule is O=C(Nc1ccc(C2=CSC3=NCCCN23)cc1)c1ccc(S(=O)(=O)C(F)F)cc1. The number of nitrogens with zero attached hydrogens (tertiary/aromatic N) is 2. The first-order chi connectivity index (χ1) is 14.4. The van der Waals surface area contributed by atoms with Gasteiger partial charge in [0.1, 0.15) is 0 Å². The molecule has 0 fully saturated rings. The lowest BCUT2D eigenvalue weighted by molar-refractivity contribution is 0.102. The molecule has 0 aromatic heterocycles. The first-order valence-corrected chi connectivity index (χ1v) is 11.5. The minimum Gasteiger partial charge on any atom is -0.322 e. The average molecular weight is 450 g/mol. The molecular weight excluding hydrogens is 432 g/mol. The van der Waals surface area contributed by atoms with Gasteiger partial charge >= 0.3 is 5.76 Å². The van der Waals surface area contributed by atoms with Crippen molar-refractivity contribution in [3.63, 3.8) is 0 Å². The van der Waals surface area contributed by atoms with E-state index >= 15 is 0 Å². The van der Waals surface area contributed by atoms with Crippen LogP contribution < -0.4 is 5.32 Å². The van der Waals surface area contributed by atoms with E-state index in [0.717, 1.165) is 48.1 Å². The summed E-state index contributed by atoms with van der Waals surface area (Å²) in [5, 5.41) is 5.78. The van der Waals surface area contributed by atoms with Crippen molar-refractivity contribution in [3.8, 4) is 0 Å². The topological polar surface area (TPSA) is 78.8 Å². The molecular formula is C20H17F2N3O3S2. The van der Waals surface area contributed by atoms with Gasteiger partial charge in [-0.15, -0.1) is 0 Å². The molecule has 2 heterocycles. The maximum Gasteiger partial charge on any atom is 0.341 e. The molecule has 10 heteroatoms. The predicted molar refractivity (Wildman–Crippen MR) is 113 cm³/mol. The Bertz CT molecular complexity index is 1130. The van der Waals surface area contributed by atoms with Crippen molar-refractivity contribution in [2.24, 2.45) is 4.99 Å². The number of thioether (sulfide) groups is 1. The molecule has 1 amide bonds. The van der Waals surface area contributed by atoms with Crippen LogP contribution in [0.15, 0.2) is 63.8 Å². The van der Waals surface area contributed by atoms with Gasteiger partial charge < -0.3 is 10.2 Å². The summed E-state index contributed by atoms with van der Waals surface area (Å²) >= 11 is 1.60. The highest BCUT2D eigenvalue weighted by molar-refractivity contribution is 8.16. The van der Waals surface area contributed by atoms with E-state index in [1.54, 1.807) is 23.9 Å². The summed E-state index contributed by atoms with van der Waals surface area (Å²) in [5.74, 6) is -3.97.